The van der Waals surface area contributed by atoms with Gasteiger partial charge in [-0.3, -0.25) is 10.00 Å². The standard InChI is InChI=1S/C16H16N4O2/c1-2-6-17-16(5-1)22-11-15-13-9-20(10-14(13)18-19-15)8-12-4-3-7-21-12/h1-7H,8-11H2,(H,18,19). The van der Waals surface area contributed by atoms with E-state index in [1.165, 1.54) is 5.56 Å². The summed E-state index contributed by atoms with van der Waals surface area (Å²) in [5, 5.41) is 7.47. The molecule has 6 nitrogen and oxygen atoms in total. The van der Waals surface area contributed by atoms with Gasteiger partial charge in [0, 0.05) is 30.9 Å². The van der Waals surface area contributed by atoms with E-state index in [-0.39, 0.29) is 0 Å². The van der Waals surface area contributed by atoms with Crippen LogP contribution in [0.5, 0.6) is 5.88 Å². The zero-order valence-corrected chi connectivity index (χ0v) is 12.0. The minimum atomic E-state index is 0.428. The Morgan fingerprint density at radius 3 is 3.05 bits per heavy atom. The van der Waals surface area contributed by atoms with Crippen molar-refractivity contribution < 1.29 is 9.15 Å². The van der Waals surface area contributed by atoms with Crippen LogP contribution < -0.4 is 4.74 Å². The number of H-pyrrole nitrogens is 1. The summed E-state index contributed by atoms with van der Waals surface area (Å²) < 4.78 is 11.1. The Balaban J connectivity index is 1.41. The van der Waals surface area contributed by atoms with Gasteiger partial charge >= 0.3 is 0 Å². The van der Waals surface area contributed by atoms with Crippen molar-refractivity contribution in [3.05, 3.63) is 65.5 Å². The lowest BCUT2D eigenvalue weighted by molar-refractivity contribution is 0.243. The fourth-order valence-electron chi connectivity index (χ4n) is 2.69. The number of aromatic amines is 1. The zero-order valence-electron chi connectivity index (χ0n) is 12.0. The second kappa shape index (κ2) is 5.65. The maximum absolute atomic E-state index is 5.69. The van der Waals surface area contributed by atoms with E-state index in [9.17, 15) is 0 Å². The largest absolute Gasteiger partial charge is 0.471 e. The predicted octanol–water partition coefficient (Wildman–Crippen LogP) is 2.49. The summed E-state index contributed by atoms with van der Waals surface area (Å²) in [6.45, 7) is 2.94. The van der Waals surface area contributed by atoms with Crippen LogP contribution in [0.25, 0.3) is 0 Å². The second-order valence-corrected chi connectivity index (χ2v) is 5.31. The van der Waals surface area contributed by atoms with Crippen LogP contribution in [0, 0.1) is 0 Å². The summed E-state index contributed by atoms with van der Waals surface area (Å²) in [4.78, 5) is 6.47. The molecule has 0 saturated heterocycles. The van der Waals surface area contributed by atoms with Gasteiger partial charge < -0.3 is 9.15 Å². The molecule has 0 radical (unpaired) electrons. The van der Waals surface area contributed by atoms with Gasteiger partial charge in [-0.15, -0.1) is 0 Å². The first kappa shape index (κ1) is 13.1. The van der Waals surface area contributed by atoms with Crippen LogP contribution in [0.1, 0.15) is 22.7 Å². The van der Waals surface area contributed by atoms with Crippen LogP contribution in [-0.2, 0) is 26.2 Å². The molecule has 0 amide bonds. The highest BCUT2D eigenvalue weighted by molar-refractivity contribution is 5.29. The van der Waals surface area contributed by atoms with Crippen molar-refractivity contribution in [2.24, 2.45) is 0 Å². The Morgan fingerprint density at radius 1 is 1.23 bits per heavy atom. The number of nitrogens with one attached hydrogen (secondary N) is 1. The number of hydrogen-bond acceptors (Lipinski definition) is 5. The van der Waals surface area contributed by atoms with E-state index < -0.39 is 0 Å². The van der Waals surface area contributed by atoms with Gasteiger partial charge in [0.15, 0.2) is 0 Å². The molecule has 3 aromatic heterocycles. The SMILES string of the molecule is c1ccc(OCc2n[nH]c3c2CN(Cc2ccco2)C3)nc1. The molecule has 4 rings (SSSR count). The topological polar surface area (TPSA) is 67.2 Å². The lowest BCUT2D eigenvalue weighted by Crippen LogP contribution is -2.16. The second-order valence-electron chi connectivity index (χ2n) is 5.31. The molecule has 112 valence electrons. The molecule has 0 aromatic carbocycles. The number of fused-ring (bicyclic) bond motifs is 1. The fourth-order valence-corrected chi connectivity index (χ4v) is 2.69. The van der Waals surface area contributed by atoms with Gasteiger partial charge in [-0.25, -0.2) is 4.98 Å². The van der Waals surface area contributed by atoms with E-state index >= 15 is 0 Å². The van der Waals surface area contributed by atoms with Gasteiger partial charge in [-0.05, 0) is 18.2 Å². The van der Waals surface area contributed by atoms with Gasteiger partial charge in [0.2, 0.25) is 5.88 Å². The lowest BCUT2D eigenvalue weighted by Gasteiger charge is -2.13. The summed E-state index contributed by atoms with van der Waals surface area (Å²) >= 11 is 0. The third kappa shape index (κ3) is 2.60. The van der Waals surface area contributed by atoms with Crippen LogP contribution in [0.15, 0.2) is 47.2 Å². The fraction of sp³-hybridized carbons (Fsp3) is 0.250. The first-order valence-corrected chi connectivity index (χ1v) is 7.22. The minimum Gasteiger partial charge on any atom is -0.471 e. The van der Waals surface area contributed by atoms with E-state index in [4.69, 9.17) is 9.15 Å². The van der Waals surface area contributed by atoms with E-state index in [1.54, 1.807) is 12.5 Å². The Labute approximate surface area is 127 Å². The maximum Gasteiger partial charge on any atom is 0.213 e. The molecule has 0 unspecified atom stereocenters. The van der Waals surface area contributed by atoms with E-state index in [0.717, 1.165) is 36.8 Å². The average molecular weight is 296 g/mol. The number of aromatic nitrogens is 3. The number of rotatable bonds is 5. The van der Waals surface area contributed by atoms with Gasteiger partial charge in [0.1, 0.15) is 18.1 Å². The van der Waals surface area contributed by atoms with Crippen molar-refractivity contribution in [2.45, 2.75) is 26.2 Å². The molecular weight excluding hydrogens is 280 g/mol. The highest BCUT2D eigenvalue weighted by Crippen LogP contribution is 2.26. The van der Waals surface area contributed by atoms with Gasteiger partial charge in [-0.1, -0.05) is 6.07 Å². The molecule has 0 atom stereocenters. The van der Waals surface area contributed by atoms with Gasteiger partial charge in [0.05, 0.1) is 18.5 Å². The molecule has 3 aromatic rings. The molecule has 1 N–H and O–H groups in total. The number of pyridine rings is 1. The van der Waals surface area contributed by atoms with E-state index in [0.29, 0.717) is 12.5 Å². The Kier molecular flexibility index (Phi) is 3.36. The quantitative estimate of drug-likeness (QED) is 0.783. The first-order valence-electron chi connectivity index (χ1n) is 7.22. The van der Waals surface area contributed by atoms with Crippen LogP contribution >= 0.6 is 0 Å². The molecule has 6 heteroatoms. The zero-order chi connectivity index (χ0) is 14.8. The van der Waals surface area contributed by atoms with Crippen molar-refractivity contribution in [3.8, 4) is 5.88 Å². The van der Waals surface area contributed by atoms with Gasteiger partial charge in [-0.2, -0.15) is 5.10 Å². The molecular formula is C16H16N4O2. The lowest BCUT2D eigenvalue weighted by atomic mass is 10.2. The third-order valence-electron chi connectivity index (χ3n) is 3.76. The molecule has 1 aliphatic heterocycles. The number of furan rings is 1. The summed E-state index contributed by atoms with van der Waals surface area (Å²) in [5.41, 5.74) is 3.33. The predicted molar refractivity (Wildman–Crippen MR) is 78.8 cm³/mol. The summed E-state index contributed by atoms with van der Waals surface area (Å²) in [5.74, 6) is 1.59. The molecule has 0 bridgehead atoms. The molecule has 0 aliphatic carbocycles. The number of ether oxygens (including phenoxy) is 1. The Bertz CT molecular complexity index is 737. The van der Waals surface area contributed by atoms with Crippen molar-refractivity contribution in [1.82, 2.24) is 20.1 Å². The summed E-state index contributed by atoms with van der Waals surface area (Å²) in [7, 11) is 0. The van der Waals surface area contributed by atoms with Crippen LogP contribution in [0.2, 0.25) is 0 Å². The van der Waals surface area contributed by atoms with E-state index in [1.807, 2.05) is 30.3 Å². The normalized spacial score (nSPS) is 14.2. The molecule has 0 spiro atoms. The third-order valence-corrected chi connectivity index (χ3v) is 3.76. The van der Waals surface area contributed by atoms with Crippen molar-refractivity contribution >= 4 is 0 Å². The number of nitrogens with zero attached hydrogens (tertiary/aromatic N) is 3. The van der Waals surface area contributed by atoms with Crippen molar-refractivity contribution in [2.75, 3.05) is 0 Å². The first-order chi connectivity index (χ1) is 10.9. The molecule has 0 saturated carbocycles. The monoisotopic (exact) mass is 296 g/mol. The molecule has 1 aliphatic rings. The molecule has 4 heterocycles. The van der Waals surface area contributed by atoms with Crippen LogP contribution in [0.4, 0.5) is 0 Å². The Morgan fingerprint density at radius 2 is 2.23 bits per heavy atom. The van der Waals surface area contributed by atoms with Crippen molar-refractivity contribution in [1.29, 1.82) is 0 Å². The molecule has 22 heavy (non-hydrogen) atoms. The van der Waals surface area contributed by atoms with Crippen LogP contribution in [-0.4, -0.2) is 20.1 Å². The maximum atomic E-state index is 5.69. The highest BCUT2D eigenvalue weighted by Gasteiger charge is 2.25. The van der Waals surface area contributed by atoms with Gasteiger partial charge in [0.25, 0.3) is 0 Å². The van der Waals surface area contributed by atoms with Crippen molar-refractivity contribution in [3.63, 3.8) is 0 Å². The molecule has 0 fully saturated rings. The average Bonchev–Trinajstić information content (AvgIpc) is 3.25. The number of hydrogen-bond donors (Lipinski definition) is 1. The van der Waals surface area contributed by atoms with E-state index in [2.05, 4.69) is 20.1 Å². The smallest absolute Gasteiger partial charge is 0.213 e. The minimum absolute atomic E-state index is 0.428. The Hall–Kier alpha value is -2.60. The summed E-state index contributed by atoms with van der Waals surface area (Å²) in [6, 6.07) is 9.53. The highest BCUT2D eigenvalue weighted by atomic mass is 16.5. The van der Waals surface area contributed by atoms with Crippen LogP contribution in [0.3, 0.4) is 0 Å². The summed E-state index contributed by atoms with van der Waals surface area (Å²) in [6.07, 6.45) is 3.42.